The minimum Gasteiger partial charge on any atom is -0.456 e. The number of aromatic nitrogens is 2. The van der Waals surface area contributed by atoms with Gasteiger partial charge in [0.15, 0.2) is 11.6 Å². The van der Waals surface area contributed by atoms with Crippen molar-refractivity contribution in [1.82, 2.24) is 14.5 Å². The van der Waals surface area contributed by atoms with Gasteiger partial charge in [0, 0.05) is 46.1 Å². The number of carbonyl (C=O) groups is 1. The molecule has 1 aliphatic heterocycles. The van der Waals surface area contributed by atoms with Crippen LogP contribution in [0.2, 0.25) is 0 Å². The summed E-state index contributed by atoms with van der Waals surface area (Å²) in [5.74, 6) is 1.26. The summed E-state index contributed by atoms with van der Waals surface area (Å²) in [4.78, 5) is 32.3. The first kappa shape index (κ1) is 17.2. The summed E-state index contributed by atoms with van der Waals surface area (Å²) >= 11 is 0. The van der Waals surface area contributed by atoms with E-state index in [2.05, 4.69) is 4.98 Å². The Balaban J connectivity index is 1.66. The molecule has 0 saturated carbocycles. The van der Waals surface area contributed by atoms with Crippen LogP contribution in [0, 0.1) is 6.92 Å². The highest BCUT2D eigenvalue weighted by Crippen LogP contribution is 2.14. The van der Waals surface area contributed by atoms with Gasteiger partial charge < -0.3 is 23.5 Å². The zero-order chi connectivity index (χ0) is 18.0. The van der Waals surface area contributed by atoms with Gasteiger partial charge in [-0.3, -0.25) is 9.59 Å². The summed E-state index contributed by atoms with van der Waals surface area (Å²) in [5, 5.41) is 0. The Hall–Kier alpha value is -2.61. The van der Waals surface area contributed by atoms with Crippen LogP contribution >= 0.6 is 0 Å². The molecule has 1 aliphatic rings. The van der Waals surface area contributed by atoms with Gasteiger partial charge in [-0.25, -0.2) is 4.98 Å². The van der Waals surface area contributed by atoms with Gasteiger partial charge in [-0.2, -0.15) is 0 Å². The van der Waals surface area contributed by atoms with Crippen molar-refractivity contribution in [3.8, 4) is 0 Å². The van der Waals surface area contributed by atoms with Gasteiger partial charge in [-0.1, -0.05) is 0 Å². The minimum atomic E-state index is -0.203. The first-order valence-electron chi connectivity index (χ1n) is 8.16. The van der Waals surface area contributed by atoms with Crippen molar-refractivity contribution in [3.63, 3.8) is 0 Å². The number of ether oxygens (including phenoxy) is 1. The molecule has 1 atom stereocenters. The molecule has 2 aromatic heterocycles. The van der Waals surface area contributed by atoms with Crippen molar-refractivity contribution in [1.29, 1.82) is 0 Å². The predicted octanol–water partition coefficient (Wildman–Crippen LogP) is 0.659. The Kier molecular flexibility index (Phi) is 4.89. The fraction of sp³-hybridized carbons (Fsp3) is 0.471. The van der Waals surface area contributed by atoms with Gasteiger partial charge in [-0.15, -0.1) is 0 Å². The lowest BCUT2D eigenvalue weighted by Crippen LogP contribution is -2.49. The molecule has 25 heavy (non-hydrogen) atoms. The van der Waals surface area contributed by atoms with Crippen LogP contribution in [0.1, 0.15) is 16.3 Å². The fourth-order valence-corrected chi connectivity index (χ4v) is 2.86. The summed E-state index contributed by atoms with van der Waals surface area (Å²) in [6, 6.07) is 3.46. The van der Waals surface area contributed by atoms with Crippen LogP contribution in [-0.2, 0) is 11.8 Å². The van der Waals surface area contributed by atoms with Crippen molar-refractivity contribution in [2.45, 2.75) is 13.0 Å². The number of hydrogen-bond acceptors (Lipinski definition) is 6. The van der Waals surface area contributed by atoms with Crippen LogP contribution in [0.25, 0.3) is 0 Å². The number of anilines is 1. The molecule has 8 heteroatoms. The Labute approximate surface area is 145 Å². The lowest BCUT2D eigenvalue weighted by atomic mass is 10.2. The largest absolute Gasteiger partial charge is 0.456 e. The van der Waals surface area contributed by atoms with E-state index in [1.54, 1.807) is 55.3 Å². The van der Waals surface area contributed by atoms with E-state index in [0.29, 0.717) is 43.6 Å². The second kappa shape index (κ2) is 7.10. The molecule has 0 unspecified atom stereocenters. The smallest absolute Gasteiger partial charge is 0.293 e. The lowest BCUT2D eigenvalue weighted by molar-refractivity contribution is -0.0182. The second-order valence-corrected chi connectivity index (χ2v) is 6.20. The number of furan rings is 1. The van der Waals surface area contributed by atoms with Crippen LogP contribution in [0.15, 0.2) is 33.7 Å². The number of aryl methyl sites for hydroxylation is 2. The van der Waals surface area contributed by atoms with E-state index in [1.165, 1.54) is 4.57 Å². The van der Waals surface area contributed by atoms with Crippen molar-refractivity contribution in [2.24, 2.45) is 7.05 Å². The molecule has 0 radical (unpaired) electrons. The molecule has 0 aliphatic carbocycles. The Morgan fingerprint density at radius 3 is 2.96 bits per heavy atom. The molecule has 0 aromatic carbocycles. The molecule has 0 N–H and O–H groups in total. The predicted molar refractivity (Wildman–Crippen MR) is 91.8 cm³/mol. The summed E-state index contributed by atoms with van der Waals surface area (Å²) in [6.45, 7) is 3.68. The quantitative estimate of drug-likeness (QED) is 0.809. The number of morpholine rings is 1. The molecule has 0 spiro atoms. The van der Waals surface area contributed by atoms with Crippen LogP contribution in [0.4, 0.5) is 5.82 Å². The number of likely N-dealkylation sites (N-methyl/N-ethyl adjacent to an activating group) is 1. The number of amides is 1. The van der Waals surface area contributed by atoms with E-state index >= 15 is 0 Å². The third-order valence-corrected chi connectivity index (χ3v) is 4.21. The summed E-state index contributed by atoms with van der Waals surface area (Å²) in [5.41, 5.74) is -0.167. The highest BCUT2D eigenvalue weighted by molar-refractivity contribution is 5.91. The van der Waals surface area contributed by atoms with E-state index in [0.717, 1.165) is 0 Å². The number of nitrogens with zero attached hydrogens (tertiary/aromatic N) is 4. The van der Waals surface area contributed by atoms with E-state index in [1.807, 2.05) is 0 Å². The highest BCUT2D eigenvalue weighted by atomic mass is 16.5. The molecule has 1 amide bonds. The molecule has 2 aromatic rings. The topological polar surface area (TPSA) is 80.8 Å². The molecule has 3 rings (SSSR count). The van der Waals surface area contributed by atoms with Crippen molar-refractivity contribution >= 4 is 11.7 Å². The average Bonchev–Trinajstić information content (AvgIpc) is 3.03. The SMILES string of the molecule is Cc1ccc(C(=O)N2CCO[C@H](CN(C)c3nccn(C)c3=O)C2)o1. The van der Waals surface area contributed by atoms with Gasteiger partial charge in [-0.05, 0) is 19.1 Å². The maximum Gasteiger partial charge on any atom is 0.293 e. The molecule has 8 nitrogen and oxygen atoms in total. The second-order valence-electron chi connectivity index (χ2n) is 6.20. The average molecular weight is 346 g/mol. The third kappa shape index (κ3) is 3.74. The normalized spacial score (nSPS) is 17.6. The molecule has 134 valence electrons. The number of hydrogen-bond donors (Lipinski definition) is 0. The number of rotatable bonds is 4. The van der Waals surface area contributed by atoms with Crippen molar-refractivity contribution < 1.29 is 13.9 Å². The first-order valence-corrected chi connectivity index (χ1v) is 8.16. The molecule has 1 fully saturated rings. The van der Waals surface area contributed by atoms with Crippen LogP contribution in [-0.4, -0.2) is 59.8 Å². The minimum absolute atomic E-state index is 0.141. The van der Waals surface area contributed by atoms with Gasteiger partial charge in [0.05, 0.1) is 12.7 Å². The van der Waals surface area contributed by atoms with Gasteiger partial charge in [0.25, 0.3) is 11.5 Å². The van der Waals surface area contributed by atoms with Gasteiger partial charge in [0.2, 0.25) is 0 Å². The fourth-order valence-electron chi connectivity index (χ4n) is 2.86. The van der Waals surface area contributed by atoms with E-state index < -0.39 is 0 Å². The van der Waals surface area contributed by atoms with Crippen LogP contribution in [0.3, 0.4) is 0 Å². The number of carbonyl (C=O) groups excluding carboxylic acids is 1. The molecular weight excluding hydrogens is 324 g/mol. The van der Waals surface area contributed by atoms with Gasteiger partial charge >= 0.3 is 0 Å². The summed E-state index contributed by atoms with van der Waals surface area (Å²) in [7, 11) is 3.48. The molecule has 0 bridgehead atoms. The molecular formula is C17H22N4O4. The van der Waals surface area contributed by atoms with Crippen LogP contribution in [0.5, 0.6) is 0 Å². The standard InChI is InChI=1S/C17H22N4O4/c1-12-4-5-14(25-12)16(22)21-8-9-24-13(11-21)10-20(3)15-17(23)19(2)7-6-18-15/h4-7,13H,8-11H2,1-3H3/t13-/m1/s1. The van der Waals surface area contributed by atoms with Gasteiger partial charge in [0.1, 0.15) is 5.76 Å². The highest BCUT2D eigenvalue weighted by Gasteiger charge is 2.28. The third-order valence-electron chi connectivity index (χ3n) is 4.21. The van der Waals surface area contributed by atoms with Crippen molar-refractivity contribution in [3.05, 3.63) is 46.4 Å². The first-order chi connectivity index (χ1) is 12.0. The van der Waals surface area contributed by atoms with E-state index in [-0.39, 0.29) is 17.6 Å². The Bertz CT molecular complexity index is 813. The Morgan fingerprint density at radius 1 is 1.44 bits per heavy atom. The molecule has 1 saturated heterocycles. The Morgan fingerprint density at radius 2 is 2.24 bits per heavy atom. The summed E-state index contributed by atoms with van der Waals surface area (Å²) in [6.07, 6.45) is 3.00. The zero-order valence-electron chi connectivity index (χ0n) is 14.6. The molecule has 3 heterocycles. The van der Waals surface area contributed by atoms with E-state index in [4.69, 9.17) is 9.15 Å². The maximum atomic E-state index is 12.5. The zero-order valence-corrected chi connectivity index (χ0v) is 14.6. The van der Waals surface area contributed by atoms with E-state index in [9.17, 15) is 9.59 Å². The van der Waals surface area contributed by atoms with Crippen molar-refractivity contribution in [2.75, 3.05) is 38.2 Å². The monoisotopic (exact) mass is 346 g/mol. The maximum absolute atomic E-state index is 12.5. The lowest BCUT2D eigenvalue weighted by Gasteiger charge is -2.34. The summed E-state index contributed by atoms with van der Waals surface area (Å²) < 4.78 is 12.7. The van der Waals surface area contributed by atoms with Crippen LogP contribution < -0.4 is 10.5 Å².